The molecule has 1 aromatic heterocycles. The van der Waals surface area contributed by atoms with Gasteiger partial charge in [-0.05, 0) is 42.8 Å². The monoisotopic (exact) mass is 346 g/mol. The van der Waals surface area contributed by atoms with Gasteiger partial charge in [0.2, 0.25) is 5.95 Å². The first kappa shape index (κ1) is 16.6. The number of aromatic nitrogens is 1. The first-order valence-electron chi connectivity index (χ1n) is 5.87. The van der Waals surface area contributed by atoms with Crippen LogP contribution in [-0.2, 0) is 9.53 Å². The van der Waals surface area contributed by atoms with Gasteiger partial charge in [0.15, 0.2) is 0 Å². The summed E-state index contributed by atoms with van der Waals surface area (Å²) in [6.45, 7) is 5.11. The van der Waals surface area contributed by atoms with Gasteiger partial charge in [0.1, 0.15) is 17.9 Å². The molecule has 0 radical (unpaired) electrons. The minimum absolute atomic E-state index is 0.00253. The lowest BCUT2D eigenvalue weighted by atomic mass is 10.1. The molecule has 0 spiro atoms. The van der Waals surface area contributed by atoms with Crippen molar-refractivity contribution >= 4 is 28.3 Å². The van der Waals surface area contributed by atoms with E-state index in [2.05, 4.69) is 20.9 Å². The molecule has 110 valence electrons. The summed E-state index contributed by atoms with van der Waals surface area (Å²) < 4.78 is 19.4. The summed E-state index contributed by atoms with van der Waals surface area (Å²) in [5, 5.41) is 0. The molecule has 0 aliphatic carbocycles. The maximum Gasteiger partial charge on any atom is 0.410 e. The van der Waals surface area contributed by atoms with Crippen LogP contribution in [0.2, 0.25) is 0 Å². The van der Waals surface area contributed by atoms with Gasteiger partial charge in [-0.2, -0.15) is 4.39 Å². The van der Waals surface area contributed by atoms with Crippen molar-refractivity contribution in [2.24, 2.45) is 0 Å². The van der Waals surface area contributed by atoms with E-state index in [1.165, 1.54) is 19.3 Å². The van der Waals surface area contributed by atoms with Crippen molar-refractivity contribution in [3.8, 4) is 0 Å². The van der Waals surface area contributed by atoms with E-state index in [0.29, 0.717) is 10.8 Å². The zero-order valence-electron chi connectivity index (χ0n) is 11.7. The van der Waals surface area contributed by atoms with Gasteiger partial charge in [0, 0.05) is 23.3 Å². The van der Waals surface area contributed by atoms with Crippen LogP contribution in [-0.4, -0.2) is 34.9 Å². The molecule has 0 aliphatic heterocycles. The van der Waals surface area contributed by atoms with Crippen molar-refractivity contribution in [1.29, 1.82) is 0 Å². The minimum Gasteiger partial charge on any atom is -0.444 e. The SMILES string of the molecule is CN(C(=O)OC(C)(C)C)C(C=O)c1cc(Br)cnc1F. The van der Waals surface area contributed by atoms with Crippen LogP contribution >= 0.6 is 15.9 Å². The summed E-state index contributed by atoms with van der Waals surface area (Å²) in [5.74, 6) is -0.805. The molecular weight excluding hydrogens is 331 g/mol. The predicted molar refractivity (Wildman–Crippen MR) is 74.7 cm³/mol. The molecule has 1 aromatic rings. The van der Waals surface area contributed by atoms with E-state index in [1.807, 2.05) is 0 Å². The molecule has 0 saturated heterocycles. The predicted octanol–water partition coefficient (Wildman–Crippen LogP) is 3.09. The fraction of sp³-hybridized carbons (Fsp3) is 0.462. The molecule has 0 aromatic carbocycles. The Morgan fingerprint density at radius 3 is 2.65 bits per heavy atom. The van der Waals surface area contributed by atoms with Crippen LogP contribution in [0.1, 0.15) is 32.4 Å². The smallest absolute Gasteiger partial charge is 0.410 e. The molecule has 20 heavy (non-hydrogen) atoms. The van der Waals surface area contributed by atoms with Gasteiger partial charge in [-0.25, -0.2) is 9.78 Å². The number of pyridine rings is 1. The summed E-state index contributed by atoms with van der Waals surface area (Å²) in [4.78, 5) is 27.7. The van der Waals surface area contributed by atoms with Crippen molar-refractivity contribution in [3.63, 3.8) is 0 Å². The van der Waals surface area contributed by atoms with Gasteiger partial charge >= 0.3 is 6.09 Å². The van der Waals surface area contributed by atoms with E-state index in [1.54, 1.807) is 20.8 Å². The lowest BCUT2D eigenvalue weighted by Gasteiger charge is -2.28. The van der Waals surface area contributed by atoms with Gasteiger partial charge < -0.3 is 9.53 Å². The minimum atomic E-state index is -1.10. The molecule has 5 nitrogen and oxygen atoms in total. The summed E-state index contributed by atoms with van der Waals surface area (Å²) in [6, 6.07) is 0.303. The molecule has 1 amide bonds. The molecule has 0 bridgehead atoms. The van der Waals surface area contributed by atoms with E-state index in [0.717, 1.165) is 4.90 Å². The summed E-state index contributed by atoms with van der Waals surface area (Å²) in [7, 11) is 1.37. The number of rotatable bonds is 3. The topological polar surface area (TPSA) is 59.5 Å². The van der Waals surface area contributed by atoms with Crippen LogP contribution < -0.4 is 0 Å². The first-order valence-corrected chi connectivity index (χ1v) is 6.67. The number of carbonyl (C=O) groups is 2. The lowest BCUT2D eigenvalue weighted by Crippen LogP contribution is -2.37. The molecule has 1 rings (SSSR count). The Hall–Kier alpha value is -1.50. The highest BCUT2D eigenvalue weighted by molar-refractivity contribution is 9.10. The Kier molecular flexibility index (Phi) is 5.21. The van der Waals surface area contributed by atoms with Crippen LogP contribution in [0.5, 0.6) is 0 Å². The van der Waals surface area contributed by atoms with Crippen molar-refractivity contribution in [1.82, 2.24) is 9.88 Å². The average molecular weight is 347 g/mol. The quantitative estimate of drug-likeness (QED) is 0.623. The van der Waals surface area contributed by atoms with E-state index in [9.17, 15) is 14.0 Å². The Morgan fingerprint density at radius 1 is 1.55 bits per heavy atom. The molecule has 0 aliphatic rings. The maximum absolute atomic E-state index is 13.7. The Morgan fingerprint density at radius 2 is 2.15 bits per heavy atom. The Balaban J connectivity index is 3.04. The fourth-order valence-corrected chi connectivity index (χ4v) is 1.82. The largest absolute Gasteiger partial charge is 0.444 e. The van der Waals surface area contributed by atoms with Crippen molar-refractivity contribution in [3.05, 3.63) is 28.2 Å². The number of amides is 1. The first-order chi connectivity index (χ1) is 9.15. The number of ether oxygens (including phenoxy) is 1. The molecule has 0 N–H and O–H groups in total. The third kappa shape index (κ3) is 4.26. The van der Waals surface area contributed by atoms with Crippen LogP contribution in [0.25, 0.3) is 0 Å². The number of likely N-dealkylation sites (N-methyl/N-ethyl adjacent to an activating group) is 1. The van der Waals surface area contributed by atoms with Gasteiger partial charge in [0.05, 0.1) is 0 Å². The molecule has 0 saturated carbocycles. The highest BCUT2D eigenvalue weighted by Gasteiger charge is 2.28. The highest BCUT2D eigenvalue weighted by atomic mass is 79.9. The third-order valence-electron chi connectivity index (χ3n) is 2.38. The second-order valence-electron chi connectivity index (χ2n) is 5.21. The average Bonchev–Trinajstić information content (AvgIpc) is 2.32. The number of hydrogen-bond donors (Lipinski definition) is 0. The number of nitrogens with zero attached hydrogens (tertiary/aromatic N) is 2. The van der Waals surface area contributed by atoms with Gasteiger partial charge in [-0.1, -0.05) is 0 Å². The normalized spacial score (nSPS) is 12.7. The van der Waals surface area contributed by atoms with Gasteiger partial charge in [-0.3, -0.25) is 4.90 Å². The lowest BCUT2D eigenvalue weighted by molar-refractivity contribution is -0.112. The fourth-order valence-electron chi connectivity index (χ4n) is 1.47. The molecule has 0 fully saturated rings. The van der Waals surface area contributed by atoms with E-state index in [4.69, 9.17) is 4.74 Å². The molecule has 1 atom stereocenters. The summed E-state index contributed by atoms with van der Waals surface area (Å²) in [6.07, 6.45) is 1.03. The maximum atomic E-state index is 13.7. The molecule has 7 heteroatoms. The second kappa shape index (κ2) is 6.30. The van der Waals surface area contributed by atoms with Gasteiger partial charge in [0.25, 0.3) is 0 Å². The Labute approximate surface area is 125 Å². The van der Waals surface area contributed by atoms with Crippen molar-refractivity contribution in [2.75, 3.05) is 7.05 Å². The van der Waals surface area contributed by atoms with E-state index in [-0.39, 0.29) is 5.56 Å². The number of aldehydes is 1. The zero-order chi connectivity index (χ0) is 15.5. The summed E-state index contributed by atoms with van der Waals surface area (Å²) >= 11 is 3.15. The third-order valence-corrected chi connectivity index (χ3v) is 2.81. The van der Waals surface area contributed by atoms with Crippen LogP contribution in [0, 0.1) is 5.95 Å². The van der Waals surface area contributed by atoms with Crippen molar-refractivity contribution in [2.45, 2.75) is 32.4 Å². The second-order valence-corrected chi connectivity index (χ2v) is 6.12. The molecular formula is C13H16BrFN2O3. The highest BCUT2D eigenvalue weighted by Crippen LogP contribution is 2.24. The molecule has 1 heterocycles. The van der Waals surface area contributed by atoms with Crippen molar-refractivity contribution < 1.29 is 18.7 Å². The zero-order valence-corrected chi connectivity index (χ0v) is 13.3. The number of hydrogen-bond acceptors (Lipinski definition) is 4. The standard InChI is InChI=1S/C13H16BrFN2O3/c1-13(2,3)20-12(19)17(4)10(7-18)9-5-8(14)6-16-11(9)15/h5-7,10H,1-4H3. The Bertz CT molecular complexity index is 517. The number of halogens is 2. The number of carbonyl (C=O) groups excluding carboxylic acids is 2. The van der Waals surface area contributed by atoms with Crippen LogP contribution in [0.15, 0.2) is 16.7 Å². The van der Waals surface area contributed by atoms with Crippen LogP contribution in [0.4, 0.5) is 9.18 Å². The van der Waals surface area contributed by atoms with E-state index >= 15 is 0 Å². The van der Waals surface area contributed by atoms with Gasteiger partial charge in [-0.15, -0.1) is 0 Å². The molecule has 1 unspecified atom stereocenters. The van der Waals surface area contributed by atoms with E-state index < -0.39 is 23.7 Å². The summed E-state index contributed by atoms with van der Waals surface area (Å²) in [5.41, 5.74) is -0.699. The van der Waals surface area contributed by atoms with Crippen LogP contribution in [0.3, 0.4) is 0 Å².